The standard InChI is InChI=1S/C24H26N2O3S/c1-4-20-10-8-9-13-23(20)25-24(27)17-26(21-15-14-18(2)19(3)16-21)30(28,29)22-11-6-5-7-12-22/h5-16H,4,17H2,1-3H3,(H,25,27). The quantitative estimate of drug-likeness (QED) is 0.600. The summed E-state index contributed by atoms with van der Waals surface area (Å²) in [6, 6.07) is 21.1. The van der Waals surface area contributed by atoms with Crippen molar-refractivity contribution in [2.45, 2.75) is 32.1 Å². The molecule has 1 amide bonds. The average molecular weight is 423 g/mol. The number of sulfonamides is 1. The number of anilines is 2. The summed E-state index contributed by atoms with van der Waals surface area (Å²) in [5, 5.41) is 2.87. The fourth-order valence-electron chi connectivity index (χ4n) is 3.19. The zero-order chi connectivity index (χ0) is 21.7. The van der Waals surface area contributed by atoms with Gasteiger partial charge in [0.25, 0.3) is 10.0 Å². The molecule has 0 aliphatic heterocycles. The third-order valence-corrected chi connectivity index (χ3v) is 6.86. The van der Waals surface area contributed by atoms with Crippen LogP contribution in [0.5, 0.6) is 0 Å². The van der Waals surface area contributed by atoms with Crippen molar-refractivity contribution in [1.82, 2.24) is 0 Å². The molecule has 5 nitrogen and oxygen atoms in total. The van der Waals surface area contributed by atoms with Crippen LogP contribution < -0.4 is 9.62 Å². The zero-order valence-corrected chi connectivity index (χ0v) is 18.2. The fourth-order valence-corrected chi connectivity index (χ4v) is 4.62. The summed E-state index contributed by atoms with van der Waals surface area (Å²) in [5.74, 6) is -0.395. The van der Waals surface area contributed by atoms with E-state index in [1.807, 2.05) is 51.1 Å². The van der Waals surface area contributed by atoms with E-state index in [9.17, 15) is 13.2 Å². The largest absolute Gasteiger partial charge is 0.324 e. The van der Waals surface area contributed by atoms with Gasteiger partial charge in [-0.25, -0.2) is 8.42 Å². The zero-order valence-electron chi connectivity index (χ0n) is 17.4. The van der Waals surface area contributed by atoms with Gasteiger partial charge in [-0.3, -0.25) is 9.10 Å². The molecule has 0 bridgehead atoms. The van der Waals surface area contributed by atoms with E-state index in [1.54, 1.807) is 30.3 Å². The SMILES string of the molecule is CCc1ccccc1NC(=O)CN(c1ccc(C)c(C)c1)S(=O)(=O)c1ccccc1. The highest BCUT2D eigenvalue weighted by Gasteiger charge is 2.27. The van der Waals surface area contributed by atoms with Gasteiger partial charge in [0.2, 0.25) is 5.91 Å². The maximum Gasteiger partial charge on any atom is 0.264 e. The maximum atomic E-state index is 13.4. The first-order valence-electron chi connectivity index (χ1n) is 9.85. The normalized spacial score (nSPS) is 11.2. The summed E-state index contributed by atoms with van der Waals surface area (Å²) < 4.78 is 27.9. The van der Waals surface area contributed by atoms with Crippen LogP contribution in [-0.4, -0.2) is 20.9 Å². The van der Waals surface area contributed by atoms with Gasteiger partial charge < -0.3 is 5.32 Å². The monoisotopic (exact) mass is 422 g/mol. The Bertz CT molecular complexity index is 1140. The van der Waals surface area contributed by atoms with Gasteiger partial charge >= 0.3 is 0 Å². The Labute approximate surface area is 178 Å². The van der Waals surface area contributed by atoms with Gasteiger partial charge in [-0.05, 0) is 67.3 Å². The minimum atomic E-state index is -3.91. The third kappa shape index (κ3) is 4.71. The Morgan fingerprint density at radius 1 is 0.900 bits per heavy atom. The number of hydrogen-bond donors (Lipinski definition) is 1. The molecule has 156 valence electrons. The Hall–Kier alpha value is -3.12. The number of nitrogens with one attached hydrogen (secondary N) is 1. The van der Waals surface area contributed by atoms with Gasteiger partial charge in [-0.1, -0.05) is 49.4 Å². The number of benzene rings is 3. The van der Waals surface area contributed by atoms with Crippen LogP contribution in [0.15, 0.2) is 77.7 Å². The van der Waals surface area contributed by atoms with Gasteiger partial charge in [0, 0.05) is 5.69 Å². The second-order valence-electron chi connectivity index (χ2n) is 7.15. The number of hydrogen-bond acceptors (Lipinski definition) is 3. The number of rotatable bonds is 7. The Balaban J connectivity index is 1.97. The number of amides is 1. The Kier molecular flexibility index (Phi) is 6.57. The second kappa shape index (κ2) is 9.13. The summed E-state index contributed by atoms with van der Waals surface area (Å²) in [6.07, 6.45) is 0.764. The first-order valence-corrected chi connectivity index (χ1v) is 11.3. The van der Waals surface area contributed by atoms with Crippen LogP contribution in [0.25, 0.3) is 0 Å². The molecule has 0 fully saturated rings. The highest BCUT2D eigenvalue weighted by molar-refractivity contribution is 7.92. The topological polar surface area (TPSA) is 66.5 Å². The molecular weight excluding hydrogens is 396 g/mol. The third-order valence-electron chi connectivity index (χ3n) is 5.07. The van der Waals surface area contributed by atoms with Crippen LogP contribution in [0, 0.1) is 13.8 Å². The van der Waals surface area contributed by atoms with Crippen molar-refractivity contribution in [2.24, 2.45) is 0 Å². The number of para-hydroxylation sites is 1. The summed E-state index contributed by atoms with van der Waals surface area (Å²) in [7, 11) is -3.91. The molecule has 3 aromatic carbocycles. The lowest BCUT2D eigenvalue weighted by molar-refractivity contribution is -0.114. The number of aryl methyl sites for hydroxylation is 3. The van der Waals surface area contributed by atoms with E-state index in [0.29, 0.717) is 11.4 Å². The van der Waals surface area contributed by atoms with Crippen molar-refractivity contribution in [3.05, 3.63) is 89.5 Å². The highest BCUT2D eigenvalue weighted by Crippen LogP contribution is 2.26. The van der Waals surface area contributed by atoms with Gasteiger partial charge in [0.15, 0.2) is 0 Å². The Morgan fingerprint density at radius 2 is 1.57 bits per heavy atom. The average Bonchev–Trinajstić information content (AvgIpc) is 2.75. The maximum absolute atomic E-state index is 13.4. The number of nitrogens with zero attached hydrogens (tertiary/aromatic N) is 1. The van der Waals surface area contributed by atoms with E-state index in [-0.39, 0.29) is 11.4 Å². The minimum absolute atomic E-state index is 0.144. The van der Waals surface area contributed by atoms with E-state index in [4.69, 9.17) is 0 Å². The predicted octanol–water partition coefficient (Wildman–Crippen LogP) is 4.70. The van der Waals surface area contributed by atoms with Crippen molar-refractivity contribution >= 4 is 27.3 Å². The molecule has 30 heavy (non-hydrogen) atoms. The molecule has 3 aromatic rings. The number of carbonyl (C=O) groups excluding carboxylic acids is 1. The lowest BCUT2D eigenvalue weighted by atomic mass is 10.1. The molecule has 0 aromatic heterocycles. The molecule has 3 rings (SSSR count). The molecule has 0 spiro atoms. The molecule has 1 N–H and O–H groups in total. The number of carbonyl (C=O) groups is 1. The molecule has 0 aliphatic carbocycles. The van der Waals surface area contributed by atoms with Crippen LogP contribution in [0.3, 0.4) is 0 Å². The minimum Gasteiger partial charge on any atom is -0.324 e. The van der Waals surface area contributed by atoms with E-state index in [2.05, 4.69) is 5.32 Å². The van der Waals surface area contributed by atoms with Crippen molar-refractivity contribution in [3.8, 4) is 0 Å². The van der Waals surface area contributed by atoms with Crippen molar-refractivity contribution in [2.75, 3.05) is 16.2 Å². The van der Waals surface area contributed by atoms with Crippen LogP contribution >= 0.6 is 0 Å². The highest BCUT2D eigenvalue weighted by atomic mass is 32.2. The lowest BCUT2D eigenvalue weighted by Crippen LogP contribution is -2.38. The lowest BCUT2D eigenvalue weighted by Gasteiger charge is -2.25. The molecule has 0 radical (unpaired) electrons. The molecule has 0 aliphatic rings. The molecular formula is C24H26N2O3S. The van der Waals surface area contributed by atoms with Crippen LogP contribution in [0.2, 0.25) is 0 Å². The smallest absolute Gasteiger partial charge is 0.264 e. The van der Waals surface area contributed by atoms with Gasteiger partial charge in [-0.15, -0.1) is 0 Å². The van der Waals surface area contributed by atoms with Gasteiger partial charge in [0.1, 0.15) is 6.54 Å². The molecule has 0 heterocycles. The molecule has 0 unspecified atom stereocenters. The van der Waals surface area contributed by atoms with Crippen LogP contribution in [0.1, 0.15) is 23.6 Å². The summed E-state index contributed by atoms with van der Waals surface area (Å²) in [6.45, 7) is 5.57. The van der Waals surface area contributed by atoms with Crippen molar-refractivity contribution < 1.29 is 13.2 Å². The van der Waals surface area contributed by atoms with Crippen molar-refractivity contribution in [1.29, 1.82) is 0 Å². The van der Waals surface area contributed by atoms with Gasteiger partial charge in [0.05, 0.1) is 10.6 Å². The van der Waals surface area contributed by atoms with Crippen LogP contribution in [-0.2, 0) is 21.2 Å². The summed E-state index contributed by atoms with van der Waals surface area (Å²) >= 11 is 0. The summed E-state index contributed by atoms with van der Waals surface area (Å²) in [5.41, 5.74) is 4.16. The second-order valence-corrected chi connectivity index (χ2v) is 9.01. The fraction of sp³-hybridized carbons (Fsp3) is 0.208. The van der Waals surface area contributed by atoms with Crippen LogP contribution in [0.4, 0.5) is 11.4 Å². The van der Waals surface area contributed by atoms with Crippen molar-refractivity contribution in [3.63, 3.8) is 0 Å². The predicted molar refractivity (Wildman–Crippen MR) is 121 cm³/mol. The van der Waals surface area contributed by atoms with Gasteiger partial charge in [-0.2, -0.15) is 0 Å². The van der Waals surface area contributed by atoms with E-state index < -0.39 is 15.9 Å². The molecule has 0 saturated carbocycles. The van der Waals surface area contributed by atoms with E-state index >= 15 is 0 Å². The Morgan fingerprint density at radius 3 is 2.23 bits per heavy atom. The first-order chi connectivity index (χ1) is 14.3. The summed E-state index contributed by atoms with van der Waals surface area (Å²) in [4.78, 5) is 13.0. The first kappa shape index (κ1) is 21.6. The van der Waals surface area contributed by atoms with E-state index in [1.165, 1.54) is 16.4 Å². The molecule has 0 saturated heterocycles. The molecule has 6 heteroatoms. The molecule has 0 atom stereocenters. The van der Waals surface area contributed by atoms with E-state index in [0.717, 1.165) is 23.1 Å².